The molecule has 0 spiro atoms. The van der Waals surface area contributed by atoms with Crippen LogP contribution in [0.2, 0.25) is 10.0 Å². The fourth-order valence-corrected chi connectivity index (χ4v) is 2.13. The summed E-state index contributed by atoms with van der Waals surface area (Å²) in [6, 6.07) is 9.80. The number of carbonyl (C=O) groups is 2. The van der Waals surface area contributed by atoms with Crippen molar-refractivity contribution < 1.29 is 14.0 Å². The number of benzene rings is 2. The quantitative estimate of drug-likeness (QED) is 0.894. The molecule has 0 saturated carbocycles. The number of rotatable bonds is 4. The van der Waals surface area contributed by atoms with Crippen LogP contribution >= 0.6 is 23.2 Å². The van der Waals surface area contributed by atoms with Crippen molar-refractivity contribution in [2.45, 2.75) is 0 Å². The molecule has 2 N–H and O–H groups in total. The predicted octanol–water partition coefficient (Wildman–Crippen LogP) is 3.50. The Morgan fingerprint density at radius 3 is 2.55 bits per heavy atom. The molecule has 22 heavy (non-hydrogen) atoms. The monoisotopic (exact) mass is 340 g/mol. The number of amides is 2. The lowest BCUT2D eigenvalue weighted by atomic mass is 10.2. The molecule has 0 unspecified atom stereocenters. The van der Waals surface area contributed by atoms with Crippen LogP contribution in [-0.2, 0) is 4.79 Å². The summed E-state index contributed by atoms with van der Waals surface area (Å²) in [5, 5.41) is 5.66. The normalized spacial score (nSPS) is 10.1. The summed E-state index contributed by atoms with van der Waals surface area (Å²) in [6.07, 6.45) is 0. The molecule has 114 valence electrons. The van der Waals surface area contributed by atoms with Gasteiger partial charge in [0.2, 0.25) is 5.91 Å². The van der Waals surface area contributed by atoms with Gasteiger partial charge in [-0.2, -0.15) is 0 Å². The molecule has 2 aromatic carbocycles. The van der Waals surface area contributed by atoms with Crippen molar-refractivity contribution in [3.8, 4) is 0 Å². The van der Waals surface area contributed by atoms with E-state index in [0.29, 0.717) is 10.7 Å². The van der Waals surface area contributed by atoms with Crippen LogP contribution in [0.15, 0.2) is 42.5 Å². The summed E-state index contributed by atoms with van der Waals surface area (Å²) < 4.78 is 13.0. The molecule has 2 amide bonds. The number of hydrogen-bond acceptors (Lipinski definition) is 2. The Kier molecular flexibility index (Phi) is 5.35. The van der Waals surface area contributed by atoms with Gasteiger partial charge in [-0.25, -0.2) is 4.39 Å². The number of halogens is 3. The van der Waals surface area contributed by atoms with Crippen molar-refractivity contribution in [1.29, 1.82) is 0 Å². The molecule has 0 aliphatic carbocycles. The molecule has 2 aromatic rings. The zero-order valence-corrected chi connectivity index (χ0v) is 12.7. The van der Waals surface area contributed by atoms with Crippen LogP contribution in [0.4, 0.5) is 10.1 Å². The lowest BCUT2D eigenvalue weighted by molar-refractivity contribution is -0.115. The van der Waals surface area contributed by atoms with E-state index in [1.165, 1.54) is 24.3 Å². The number of hydrogen-bond donors (Lipinski definition) is 2. The molecule has 0 radical (unpaired) electrons. The van der Waals surface area contributed by atoms with Crippen LogP contribution in [0, 0.1) is 5.82 Å². The molecule has 0 aliphatic rings. The molecular weight excluding hydrogens is 330 g/mol. The summed E-state index contributed by atoms with van der Waals surface area (Å²) in [5.74, 6) is -1.53. The van der Waals surface area contributed by atoms with Crippen LogP contribution in [0.25, 0.3) is 0 Å². The van der Waals surface area contributed by atoms with E-state index in [1.54, 1.807) is 12.1 Å². The van der Waals surface area contributed by atoms with Crippen molar-refractivity contribution in [3.63, 3.8) is 0 Å². The van der Waals surface area contributed by atoms with E-state index >= 15 is 0 Å². The first-order valence-corrected chi connectivity index (χ1v) is 7.00. The van der Waals surface area contributed by atoms with Gasteiger partial charge >= 0.3 is 0 Å². The third kappa shape index (κ3) is 4.44. The van der Waals surface area contributed by atoms with Crippen LogP contribution in [0.1, 0.15) is 10.4 Å². The molecule has 0 bridgehead atoms. The average molecular weight is 341 g/mol. The summed E-state index contributed by atoms with van der Waals surface area (Å²) in [6.45, 7) is -0.270. The second-order valence-corrected chi connectivity index (χ2v) is 5.21. The standard InChI is InChI=1S/C15H11Cl2FN2O2/c16-10-4-5-13(12(17)7-10)20-14(21)8-19-15(22)9-2-1-3-11(18)6-9/h1-7H,8H2,(H,19,22)(H,20,21). The van der Waals surface area contributed by atoms with Crippen LogP contribution < -0.4 is 10.6 Å². The number of nitrogens with one attached hydrogen (secondary N) is 2. The highest BCUT2D eigenvalue weighted by Gasteiger charge is 2.10. The molecule has 0 aliphatic heterocycles. The zero-order valence-electron chi connectivity index (χ0n) is 11.2. The van der Waals surface area contributed by atoms with E-state index in [4.69, 9.17) is 23.2 Å². The maximum absolute atomic E-state index is 13.0. The minimum atomic E-state index is -0.545. The lowest BCUT2D eigenvalue weighted by Crippen LogP contribution is -2.32. The molecule has 0 heterocycles. The maximum Gasteiger partial charge on any atom is 0.251 e. The van der Waals surface area contributed by atoms with Gasteiger partial charge < -0.3 is 10.6 Å². The minimum absolute atomic E-state index is 0.136. The fourth-order valence-electron chi connectivity index (χ4n) is 1.68. The van der Waals surface area contributed by atoms with E-state index in [-0.39, 0.29) is 17.1 Å². The summed E-state index contributed by atoms with van der Waals surface area (Å²) in [4.78, 5) is 23.5. The first-order valence-electron chi connectivity index (χ1n) is 6.24. The van der Waals surface area contributed by atoms with Gasteiger partial charge in [0.25, 0.3) is 5.91 Å². The molecule has 7 heteroatoms. The van der Waals surface area contributed by atoms with Gasteiger partial charge in [-0.1, -0.05) is 29.3 Å². The Hall–Kier alpha value is -2.11. The van der Waals surface area contributed by atoms with Gasteiger partial charge in [-0.05, 0) is 36.4 Å². The largest absolute Gasteiger partial charge is 0.343 e. The highest BCUT2D eigenvalue weighted by Crippen LogP contribution is 2.25. The summed E-state index contributed by atoms with van der Waals surface area (Å²) in [7, 11) is 0. The number of anilines is 1. The topological polar surface area (TPSA) is 58.2 Å². The first kappa shape index (κ1) is 16.3. The highest BCUT2D eigenvalue weighted by atomic mass is 35.5. The van der Waals surface area contributed by atoms with E-state index in [2.05, 4.69) is 10.6 Å². The van der Waals surface area contributed by atoms with Crippen molar-refractivity contribution >= 4 is 40.7 Å². The summed E-state index contributed by atoms with van der Waals surface area (Å²) in [5.41, 5.74) is 0.522. The maximum atomic E-state index is 13.0. The number of carbonyl (C=O) groups excluding carboxylic acids is 2. The van der Waals surface area contributed by atoms with Gasteiger partial charge in [0.05, 0.1) is 17.3 Å². The van der Waals surface area contributed by atoms with Gasteiger partial charge in [-0.15, -0.1) is 0 Å². The second-order valence-electron chi connectivity index (χ2n) is 4.37. The van der Waals surface area contributed by atoms with Crippen molar-refractivity contribution in [2.24, 2.45) is 0 Å². The highest BCUT2D eigenvalue weighted by molar-refractivity contribution is 6.36. The van der Waals surface area contributed by atoms with E-state index in [9.17, 15) is 14.0 Å². The molecule has 0 fully saturated rings. The van der Waals surface area contributed by atoms with Crippen LogP contribution in [0.3, 0.4) is 0 Å². The van der Waals surface area contributed by atoms with Gasteiger partial charge in [0.15, 0.2) is 0 Å². The Morgan fingerprint density at radius 1 is 1.09 bits per heavy atom. The first-order chi connectivity index (χ1) is 10.5. The smallest absolute Gasteiger partial charge is 0.251 e. The van der Waals surface area contributed by atoms with Crippen molar-refractivity contribution in [3.05, 3.63) is 63.9 Å². The van der Waals surface area contributed by atoms with E-state index < -0.39 is 17.6 Å². The van der Waals surface area contributed by atoms with Crippen LogP contribution in [-0.4, -0.2) is 18.4 Å². The summed E-state index contributed by atoms with van der Waals surface area (Å²) >= 11 is 11.7. The molecular formula is C15H11Cl2FN2O2. The molecule has 2 rings (SSSR count). The van der Waals surface area contributed by atoms with Crippen molar-refractivity contribution in [1.82, 2.24) is 5.32 Å². The second kappa shape index (κ2) is 7.24. The fraction of sp³-hybridized carbons (Fsp3) is 0.0667. The van der Waals surface area contributed by atoms with Crippen LogP contribution in [0.5, 0.6) is 0 Å². The lowest BCUT2D eigenvalue weighted by Gasteiger charge is -2.08. The Balaban J connectivity index is 1.91. The van der Waals surface area contributed by atoms with Gasteiger partial charge in [0.1, 0.15) is 5.82 Å². The van der Waals surface area contributed by atoms with Crippen molar-refractivity contribution in [2.75, 3.05) is 11.9 Å². The SMILES string of the molecule is O=C(CNC(=O)c1cccc(F)c1)Nc1ccc(Cl)cc1Cl. The Bertz CT molecular complexity index is 722. The third-order valence-electron chi connectivity index (χ3n) is 2.70. The van der Waals surface area contributed by atoms with E-state index in [0.717, 1.165) is 6.07 Å². The Morgan fingerprint density at radius 2 is 1.86 bits per heavy atom. The van der Waals surface area contributed by atoms with E-state index in [1.807, 2.05) is 0 Å². The molecule has 4 nitrogen and oxygen atoms in total. The zero-order chi connectivity index (χ0) is 16.1. The minimum Gasteiger partial charge on any atom is -0.343 e. The average Bonchev–Trinajstić information content (AvgIpc) is 2.47. The third-order valence-corrected chi connectivity index (χ3v) is 3.25. The molecule has 0 saturated heterocycles. The predicted molar refractivity (Wildman–Crippen MR) is 83.8 cm³/mol. The Labute approximate surface area is 136 Å². The molecule has 0 aromatic heterocycles. The molecule has 0 atom stereocenters. The van der Waals surface area contributed by atoms with Gasteiger partial charge in [-0.3, -0.25) is 9.59 Å². The van der Waals surface area contributed by atoms with Gasteiger partial charge in [0, 0.05) is 10.6 Å².